The van der Waals surface area contributed by atoms with Crippen molar-refractivity contribution in [1.82, 2.24) is 19.7 Å². The molecule has 2 aromatic rings. The van der Waals surface area contributed by atoms with E-state index in [4.69, 9.17) is 0 Å². The summed E-state index contributed by atoms with van der Waals surface area (Å²) in [5.41, 5.74) is -0.368. The average Bonchev–Trinajstić information content (AvgIpc) is 3.20. The van der Waals surface area contributed by atoms with Gasteiger partial charge in [-0.25, -0.2) is 9.97 Å². The van der Waals surface area contributed by atoms with Gasteiger partial charge in [-0.15, -0.1) is 0 Å². The standard InChI is InChI=1S/C16H19F3N4O2/c1-8-6-10(15(2,3)25)21-13-11(20-7-23(8)13)14(24)22-12(9-4-5-9)16(17,18)19/h6-7,9,12,25H,4-5H2,1-3H3,(H,22,24). The fraction of sp³-hybridized carbons (Fsp3) is 0.562. The van der Waals surface area contributed by atoms with Gasteiger partial charge < -0.3 is 10.4 Å². The van der Waals surface area contributed by atoms with Gasteiger partial charge in [0, 0.05) is 5.69 Å². The molecule has 0 aromatic carbocycles. The third-order valence-electron chi connectivity index (χ3n) is 4.27. The molecule has 0 bridgehead atoms. The van der Waals surface area contributed by atoms with Gasteiger partial charge in [-0.1, -0.05) is 0 Å². The van der Waals surface area contributed by atoms with E-state index in [1.165, 1.54) is 24.6 Å². The number of aryl methyl sites for hydroxylation is 1. The summed E-state index contributed by atoms with van der Waals surface area (Å²) in [6, 6.07) is -0.241. The van der Waals surface area contributed by atoms with Crippen molar-refractivity contribution in [2.75, 3.05) is 0 Å². The van der Waals surface area contributed by atoms with Crippen molar-refractivity contribution in [1.29, 1.82) is 0 Å². The van der Waals surface area contributed by atoms with Crippen molar-refractivity contribution in [2.45, 2.75) is 51.4 Å². The monoisotopic (exact) mass is 356 g/mol. The Morgan fingerprint density at radius 2 is 2.04 bits per heavy atom. The molecule has 2 heterocycles. The maximum atomic E-state index is 13.1. The van der Waals surface area contributed by atoms with E-state index < -0.39 is 29.6 Å². The molecule has 2 N–H and O–H groups in total. The number of halogens is 3. The molecule has 25 heavy (non-hydrogen) atoms. The number of fused-ring (bicyclic) bond motifs is 1. The molecule has 0 saturated heterocycles. The molecular formula is C16H19F3N4O2. The normalized spacial score (nSPS) is 16.9. The van der Waals surface area contributed by atoms with Crippen molar-refractivity contribution in [3.05, 3.63) is 29.5 Å². The summed E-state index contributed by atoms with van der Waals surface area (Å²) in [7, 11) is 0. The van der Waals surface area contributed by atoms with E-state index in [1.807, 2.05) is 5.32 Å². The number of imidazole rings is 1. The summed E-state index contributed by atoms with van der Waals surface area (Å²) in [5.74, 6) is -1.50. The Kier molecular flexibility index (Phi) is 4.02. The van der Waals surface area contributed by atoms with Crippen LogP contribution in [0.5, 0.6) is 0 Å². The zero-order valence-corrected chi connectivity index (χ0v) is 14.1. The maximum Gasteiger partial charge on any atom is 0.408 e. The largest absolute Gasteiger partial charge is 0.408 e. The minimum atomic E-state index is -4.51. The molecule has 3 rings (SSSR count). The molecule has 1 atom stereocenters. The summed E-state index contributed by atoms with van der Waals surface area (Å²) in [6.45, 7) is 4.80. The van der Waals surface area contributed by atoms with Crippen molar-refractivity contribution in [3.8, 4) is 0 Å². The van der Waals surface area contributed by atoms with Gasteiger partial charge in [-0.3, -0.25) is 9.20 Å². The van der Waals surface area contributed by atoms with Crippen LogP contribution in [-0.4, -0.2) is 37.6 Å². The number of aromatic nitrogens is 3. The molecule has 0 spiro atoms. The zero-order chi connectivity index (χ0) is 18.6. The van der Waals surface area contributed by atoms with Crippen molar-refractivity contribution >= 4 is 11.6 Å². The second kappa shape index (κ2) is 5.69. The van der Waals surface area contributed by atoms with E-state index in [1.54, 1.807) is 13.0 Å². The molecule has 1 saturated carbocycles. The van der Waals surface area contributed by atoms with E-state index in [2.05, 4.69) is 9.97 Å². The van der Waals surface area contributed by atoms with Crippen LogP contribution in [0.15, 0.2) is 12.4 Å². The highest BCUT2D eigenvalue weighted by Gasteiger charge is 2.50. The van der Waals surface area contributed by atoms with Crippen LogP contribution in [0.1, 0.15) is 48.6 Å². The Balaban J connectivity index is 1.98. The lowest BCUT2D eigenvalue weighted by atomic mass is 10.0. The molecule has 1 unspecified atom stereocenters. The molecule has 1 aliphatic carbocycles. The Morgan fingerprint density at radius 1 is 1.40 bits per heavy atom. The first-order chi connectivity index (χ1) is 11.5. The molecule has 136 valence electrons. The lowest BCUT2D eigenvalue weighted by molar-refractivity contribution is -0.158. The third kappa shape index (κ3) is 3.46. The van der Waals surface area contributed by atoms with Crippen LogP contribution in [-0.2, 0) is 5.60 Å². The van der Waals surface area contributed by atoms with Crippen LogP contribution in [0.25, 0.3) is 5.65 Å². The number of carbonyl (C=O) groups excluding carboxylic acids is 1. The SMILES string of the molecule is Cc1cc(C(C)(C)O)nc2c(C(=O)NC(C3CC3)C(F)(F)F)ncn12. The Bertz CT molecular complexity index is 819. The summed E-state index contributed by atoms with van der Waals surface area (Å²) < 4.78 is 40.9. The van der Waals surface area contributed by atoms with Crippen LogP contribution < -0.4 is 5.32 Å². The first-order valence-corrected chi connectivity index (χ1v) is 7.93. The first-order valence-electron chi connectivity index (χ1n) is 7.93. The van der Waals surface area contributed by atoms with Crippen molar-refractivity contribution in [3.63, 3.8) is 0 Å². The molecule has 6 nitrogen and oxygen atoms in total. The van der Waals surface area contributed by atoms with Crippen LogP contribution in [0.2, 0.25) is 0 Å². The molecule has 2 aromatic heterocycles. The second-order valence-corrected chi connectivity index (χ2v) is 6.96. The van der Waals surface area contributed by atoms with Gasteiger partial charge in [0.15, 0.2) is 11.3 Å². The van der Waals surface area contributed by atoms with Gasteiger partial charge in [0.2, 0.25) is 0 Å². The number of aliphatic hydroxyl groups is 1. The summed E-state index contributed by atoms with van der Waals surface area (Å²) in [5, 5.41) is 12.2. The predicted octanol–water partition coefficient (Wildman–Crippen LogP) is 2.34. The highest BCUT2D eigenvalue weighted by molar-refractivity contribution is 5.98. The summed E-state index contributed by atoms with van der Waals surface area (Å²) in [6.07, 6.45) is -2.29. The van der Waals surface area contributed by atoms with E-state index in [-0.39, 0.29) is 11.3 Å². The summed E-state index contributed by atoms with van der Waals surface area (Å²) >= 11 is 0. The van der Waals surface area contributed by atoms with E-state index in [0.29, 0.717) is 24.2 Å². The second-order valence-electron chi connectivity index (χ2n) is 6.96. The van der Waals surface area contributed by atoms with Crippen LogP contribution >= 0.6 is 0 Å². The highest BCUT2D eigenvalue weighted by Crippen LogP contribution is 2.40. The smallest absolute Gasteiger partial charge is 0.384 e. The minimum absolute atomic E-state index is 0.117. The molecule has 1 aliphatic rings. The lowest BCUT2D eigenvalue weighted by Gasteiger charge is -2.21. The molecule has 0 radical (unpaired) electrons. The summed E-state index contributed by atoms with van der Waals surface area (Å²) in [4.78, 5) is 20.6. The van der Waals surface area contributed by atoms with Crippen LogP contribution in [0.3, 0.4) is 0 Å². The quantitative estimate of drug-likeness (QED) is 0.881. The Hall–Kier alpha value is -2.16. The average molecular weight is 356 g/mol. The number of amides is 1. The number of nitrogens with one attached hydrogen (secondary N) is 1. The maximum absolute atomic E-state index is 13.1. The number of hydrogen-bond acceptors (Lipinski definition) is 4. The van der Waals surface area contributed by atoms with Gasteiger partial charge in [0.05, 0.1) is 5.69 Å². The van der Waals surface area contributed by atoms with Crippen LogP contribution in [0, 0.1) is 12.8 Å². The van der Waals surface area contributed by atoms with Crippen molar-refractivity contribution < 1.29 is 23.1 Å². The van der Waals surface area contributed by atoms with Crippen molar-refractivity contribution in [2.24, 2.45) is 5.92 Å². The molecule has 9 heteroatoms. The Morgan fingerprint density at radius 3 is 2.56 bits per heavy atom. The molecule has 1 fully saturated rings. The van der Waals surface area contributed by atoms with Gasteiger partial charge in [0.25, 0.3) is 5.91 Å². The van der Waals surface area contributed by atoms with Gasteiger partial charge in [-0.05, 0) is 45.6 Å². The topological polar surface area (TPSA) is 79.5 Å². The van der Waals surface area contributed by atoms with E-state index in [9.17, 15) is 23.1 Å². The highest BCUT2D eigenvalue weighted by atomic mass is 19.4. The van der Waals surface area contributed by atoms with E-state index >= 15 is 0 Å². The Labute approximate surface area is 142 Å². The molecular weight excluding hydrogens is 337 g/mol. The van der Waals surface area contributed by atoms with Gasteiger partial charge >= 0.3 is 6.18 Å². The first kappa shape index (κ1) is 17.7. The predicted molar refractivity (Wildman–Crippen MR) is 83.0 cm³/mol. The van der Waals surface area contributed by atoms with Gasteiger partial charge in [-0.2, -0.15) is 13.2 Å². The molecule has 0 aliphatic heterocycles. The number of alkyl halides is 3. The number of carbonyl (C=O) groups is 1. The number of rotatable bonds is 4. The number of hydrogen-bond donors (Lipinski definition) is 2. The molecule has 1 amide bonds. The fourth-order valence-corrected chi connectivity index (χ4v) is 2.70. The lowest BCUT2D eigenvalue weighted by Crippen LogP contribution is -2.47. The van der Waals surface area contributed by atoms with E-state index in [0.717, 1.165) is 0 Å². The zero-order valence-electron chi connectivity index (χ0n) is 14.1. The minimum Gasteiger partial charge on any atom is -0.384 e. The van der Waals surface area contributed by atoms with Gasteiger partial charge in [0.1, 0.15) is 18.0 Å². The fourth-order valence-electron chi connectivity index (χ4n) is 2.70. The van der Waals surface area contributed by atoms with Crippen LogP contribution in [0.4, 0.5) is 13.2 Å². The third-order valence-corrected chi connectivity index (χ3v) is 4.27. The number of nitrogens with zero attached hydrogens (tertiary/aromatic N) is 3.